The average molecular weight is 114 g/mol. The molecule has 2 heteroatoms. The SMILES string of the molecule is [CH2]C(CC)=NOCC. The van der Waals surface area contributed by atoms with Crippen LogP contribution in [0.5, 0.6) is 0 Å². The summed E-state index contributed by atoms with van der Waals surface area (Å²) in [7, 11) is 0. The summed E-state index contributed by atoms with van der Waals surface area (Å²) in [5.74, 6) is 0. The molecule has 0 N–H and O–H groups in total. The molecule has 0 saturated heterocycles. The largest absolute Gasteiger partial charge is 0.396 e. The molecule has 0 amide bonds. The van der Waals surface area contributed by atoms with Gasteiger partial charge < -0.3 is 4.84 Å². The lowest BCUT2D eigenvalue weighted by Gasteiger charge is -1.93. The second-order valence-corrected chi connectivity index (χ2v) is 1.43. The van der Waals surface area contributed by atoms with Gasteiger partial charge in [-0.1, -0.05) is 12.1 Å². The van der Waals surface area contributed by atoms with Gasteiger partial charge in [-0.25, -0.2) is 0 Å². The standard InChI is InChI=1S/C6H12NO/c1-4-6(3)7-8-5-2/h3-5H2,1-2H3. The summed E-state index contributed by atoms with van der Waals surface area (Å²) in [6.07, 6.45) is 0.861. The maximum atomic E-state index is 4.71. The van der Waals surface area contributed by atoms with E-state index in [-0.39, 0.29) is 0 Å². The molecule has 8 heavy (non-hydrogen) atoms. The average Bonchev–Trinajstić information content (AvgIpc) is 1.83. The molecule has 0 aromatic rings. The number of oxime groups is 1. The molecule has 0 aromatic heterocycles. The molecule has 47 valence electrons. The molecule has 0 aliphatic carbocycles. The molecule has 1 radical (unpaired) electrons. The van der Waals surface area contributed by atoms with Gasteiger partial charge in [-0.2, -0.15) is 0 Å². The third-order valence-electron chi connectivity index (χ3n) is 0.731. The van der Waals surface area contributed by atoms with Crippen molar-refractivity contribution in [3.8, 4) is 0 Å². The fourth-order valence-corrected chi connectivity index (χ4v) is 0.220. The highest BCUT2D eigenvalue weighted by Gasteiger charge is 1.82. The molecule has 0 unspecified atom stereocenters. The zero-order chi connectivity index (χ0) is 6.41. The van der Waals surface area contributed by atoms with E-state index in [1.807, 2.05) is 13.8 Å². The minimum atomic E-state index is 0.624. The number of hydrogen-bond donors (Lipinski definition) is 0. The van der Waals surface area contributed by atoms with Gasteiger partial charge >= 0.3 is 0 Å². The molecule has 0 saturated carbocycles. The van der Waals surface area contributed by atoms with Gasteiger partial charge in [0.2, 0.25) is 0 Å². The smallest absolute Gasteiger partial charge is 0.114 e. The first-order valence-electron chi connectivity index (χ1n) is 2.82. The Hall–Kier alpha value is -0.530. The maximum absolute atomic E-state index is 4.71. The summed E-state index contributed by atoms with van der Waals surface area (Å²) in [4.78, 5) is 4.71. The van der Waals surface area contributed by atoms with Crippen LogP contribution in [-0.2, 0) is 4.84 Å². The molecule has 0 atom stereocenters. The molecular formula is C6H12NO. The third kappa shape index (κ3) is 3.65. The van der Waals surface area contributed by atoms with Crippen LogP contribution >= 0.6 is 0 Å². The van der Waals surface area contributed by atoms with E-state index in [4.69, 9.17) is 4.84 Å². The minimum absolute atomic E-state index is 0.624. The van der Waals surface area contributed by atoms with Gasteiger partial charge in [0.1, 0.15) is 6.61 Å². The second kappa shape index (κ2) is 4.62. The number of hydrogen-bond acceptors (Lipinski definition) is 2. The van der Waals surface area contributed by atoms with Crippen molar-refractivity contribution < 1.29 is 4.84 Å². The zero-order valence-electron chi connectivity index (χ0n) is 5.48. The lowest BCUT2D eigenvalue weighted by atomic mass is 10.3. The van der Waals surface area contributed by atoms with Gasteiger partial charge in [-0.3, -0.25) is 0 Å². The topological polar surface area (TPSA) is 21.6 Å². The van der Waals surface area contributed by atoms with Crippen LogP contribution in [0.1, 0.15) is 20.3 Å². The lowest BCUT2D eigenvalue weighted by Crippen LogP contribution is -1.89. The van der Waals surface area contributed by atoms with E-state index in [0.29, 0.717) is 6.61 Å². The van der Waals surface area contributed by atoms with E-state index in [0.717, 1.165) is 12.1 Å². The highest BCUT2D eigenvalue weighted by Crippen LogP contribution is 1.83. The van der Waals surface area contributed by atoms with Crippen LogP contribution in [0.2, 0.25) is 0 Å². The van der Waals surface area contributed by atoms with Crippen LogP contribution < -0.4 is 0 Å². The lowest BCUT2D eigenvalue weighted by molar-refractivity contribution is 0.158. The first kappa shape index (κ1) is 7.47. The first-order chi connectivity index (χ1) is 3.81. The highest BCUT2D eigenvalue weighted by molar-refractivity contribution is 5.87. The van der Waals surface area contributed by atoms with Crippen LogP contribution in [0.3, 0.4) is 0 Å². The minimum Gasteiger partial charge on any atom is -0.396 e. The Morgan fingerprint density at radius 3 is 2.62 bits per heavy atom. The Bertz CT molecular complexity index is 78.6. The molecule has 0 spiro atoms. The third-order valence-corrected chi connectivity index (χ3v) is 0.731. The Kier molecular flexibility index (Phi) is 4.32. The molecule has 0 bridgehead atoms. The van der Waals surface area contributed by atoms with E-state index in [1.165, 1.54) is 0 Å². The van der Waals surface area contributed by atoms with Crippen molar-refractivity contribution in [2.24, 2.45) is 5.16 Å². The van der Waals surface area contributed by atoms with Crippen molar-refractivity contribution in [1.29, 1.82) is 0 Å². The summed E-state index contributed by atoms with van der Waals surface area (Å²) in [6.45, 7) is 8.13. The van der Waals surface area contributed by atoms with Gasteiger partial charge in [-0.15, -0.1) is 0 Å². The van der Waals surface area contributed by atoms with Gasteiger partial charge in [0.05, 0.1) is 5.71 Å². The van der Waals surface area contributed by atoms with Crippen molar-refractivity contribution in [2.75, 3.05) is 6.61 Å². The van der Waals surface area contributed by atoms with Gasteiger partial charge in [0.25, 0.3) is 0 Å². The number of rotatable bonds is 3. The molecular weight excluding hydrogens is 102 g/mol. The summed E-state index contributed by atoms with van der Waals surface area (Å²) < 4.78 is 0. The molecule has 0 rings (SSSR count). The van der Waals surface area contributed by atoms with Crippen LogP contribution in [0.15, 0.2) is 5.16 Å². The Morgan fingerprint density at radius 1 is 1.62 bits per heavy atom. The summed E-state index contributed by atoms with van der Waals surface area (Å²) in [6, 6.07) is 0. The monoisotopic (exact) mass is 114 g/mol. The predicted molar refractivity (Wildman–Crippen MR) is 34.7 cm³/mol. The molecule has 0 aliphatic heterocycles. The molecule has 2 nitrogen and oxygen atoms in total. The maximum Gasteiger partial charge on any atom is 0.114 e. The molecule has 0 aromatic carbocycles. The van der Waals surface area contributed by atoms with Gasteiger partial charge in [0.15, 0.2) is 0 Å². The summed E-state index contributed by atoms with van der Waals surface area (Å²) in [5.41, 5.74) is 0.798. The second-order valence-electron chi connectivity index (χ2n) is 1.43. The van der Waals surface area contributed by atoms with E-state index in [1.54, 1.807) is 0 Å². The number of nitrogens with zero attached hydrogens (tertiary/aromatic N) is 1. The Morgan fingerprint density at radius 2 is 2.25 bits per heavy atom. The normalized spacial score (nSPS) is 11.6. The van der Waals surface area contributed by atoms with Gasteiger partial charge in [0, 0.05) is 0 Å². The van der Waals surface area contributed by atoms with Crippen molar-refractivity contribution in [1.82, 2.24) is 0 Å². The summed E-state index contributed by atoms with van der Waals surface area (Å²) >= 11 is 0. The fraction of sp³-hybridized carbons (Fsp3) is 0.667. The van der Waals surface area contributed by atoms with E-state index in [9.17, 15) is 0 Å². The zero-order valence-corrected chi connectivity index (χ0v) is 5.48. The van der Waals surface area contributed by atoms with Crippen molar-refractivity contribution in [3.63, 3.8) is 0 Å². The van der Waals surface area contributed by atoms with E-state index in [2.05, 4.69) is 12.1 Å². The first-order valence-corrected chi connectivity index (χ1v) is 2.82. The van der Waals surface area contributed by atoms with Crippen LogP contribution in [0.4, 0.5) is 0 Å². The fourth-order valence-electron chi connectivity index (χ4n) is 0.220. The van der Waals surface area contributed by atoms with Crippen LogP contribution in [-0.4, -0.2) is 12.3 Å². The van der Waals surface area contributed by atoms with E-state index < -0.39 is 0 Å². The molecule has 0 fully saturated rings. The highest BCUT2D eigenvalue weighted by atomic mass is 16.6. The van der Waals surface area contributed by atoms with Crippen LogP contribution in [0.25, 0.3) is 0 Å². The molecule has 0 aliphatic rings. The quantitative estimate of drug-likeness (QED) is 0.403. The van der Waals surface area contributed by atoms with E-state index >= 15 is 0 Å². The predicted octanol–water partition coefficient (Wildman–Crippen LogP) is 1.62. The van der Waals surface area contributed by atoms with Crippen molar-refractivity contribution in [2.45, 2.75) is 20.3 Å². The van der Waals surface area contributed by atoms with Gasteiger partial charge in [-0.05, 0) is 20.3 Å². The Labute approximate surface area is 50.5 Å². The molecule has 0 heterocycles. The van der Waals surface area contributed by atoms with Crippen molar-refractivity contribution in [3.05, 3.63) is 6.92 Å². The van der Waals surface area contributed by atoms with Crippen LogP contribution in [0, 0.1) is 6.92 Å². The summed E-state index contributed by atoms with van der Waals surface area (Å²) in [5, 5.41) is 3.67. The van der Waals surface area contributed by atoms with Crippen molar-refractivity contribution >= 4 is 5.71 Å². The Balaban J connectivity index is 3.26.